The van der Waals surface area contributed by atoms with Crippen molar-refractivity contribution >= 4 is 24.6 Å². The predicted molar refractivity (Wildman–Crippen MR) is 61.8 cm³/mol. The molecule has 0 radical (unpaired) electrons. The van der Waals surface area contributed by atoms with Gasteiger partial charge in [0.2, 0.25) is 0 Å². The first kappa shape index (κ1) is 11.7. The molecule has 3 N–H and O–H groups in total. The zero-order chi connectivity index (χ0) is 10.4. The summed E-state index contributed by atoms with van der Waals surface area (Å²) < 4.78 is 3.06. The smallest absolute Gasteiger partial charge is 0.115 e. The van der Waals surface area contributed by atoms with Crippen LogP contribution in [-0.2, 0) is 0 Å². The molecular weight excluding hydrogens is 218 g/mol. The van der Waals surface area contributed by atoms with Crippen molar-refractivity contribution in [3.05, 3.63) is 24.3 Å². The number of aliphatic hydroxyl groups excluding tert-OH is 1. The molecule has 0 bridgehead atoms. The van der Waals surface area contributed by atoms with Gasteiger partial charge in [0.25, 0.3) is 0 Å². The average molecular weight is 231 g/mol. The molecule has 0 saturated heterocycles. The van der Waals surface area contributed by atoms with Gasteiger partial charge in [-0.05, 0) is 36.2 Å². The van der Waals surface area contributed by atoms with E-state index < -0.39 is 0 Å². The van der Waals surface area contributed by atoms with Crippen molar-refractivity contribution in [2.75, 3.05) is 12.4 Å². The molecule has 0 spiro atoms. The second-order valence-electron chi connectivity index (χ2n) is 2.78. The normalized spacial score (nSPS) is 12.7. The molecule has 0 fully saturated rings. The van der Waals surface area contributed by atoms with E-state index in [0.717, 1.165) is 4.90 Å². The van der Waals surface area contributed by atoms with E-state index in [-0.39, 0.29) is 18.4 Å². The predicted octanol–water partition coefficient (Wildman–Crippen LogP) is 1.28. The molecule has 1 rings (SSSR count). The van der Waals surface area contributed by atoms with Crippen LogP contribution in [0.15, 0.2) is 29.2 Å². The van der Waals surface area contributed by atoms with Crippen molar-refractivity contribution in [3.8, 4) is 5.75 Å². The van der Waals surface area contributed by atoms with Gasteiger partial charge < -0.3 is 10.2 Å². The molecule has 1 unspecified atom stereocenters. The van der Waals surface area contributed by atoms with Crippen molar-refractivity contribution in [2.45, 2.75) is 10.9 Å². The number of rotatable bonds is 5. The van der Waals surface area contributed by atoms with Gasteiger partial charge in [0.15, 0.2) is 0 Å². The molecule has 0 aromatic heterocycles. The number of hydrogen-bond donors (Lipinski definition) is 4. The van der Waals surface area contributed by atoms with Crippen molar-refractivity contribution in [3.63, 3.8) is 0 Å². The molecular formula is C9H13NO2S2. The molecule has 0 heterocycles. The van der Waals surface area contributed by atoms with E-state index in [4.69, 9.17) is 10.2 Å². The van der Waals surface area contributed by atoms with Gasteiger partial charge >= 0.3 is 0 Å². The number of nitrogens with one attached hydrogen (secondary N) is 1. The van der Waals surface area contributed by atoms with Crippen LogP contribution in [0.25, 0.3) is 0 Å². The van der Waals surface area contributed by atoms with Gasteiger partial charge in [-0.2, -0.15) is 12.6 Å². The Morgan fingerprint density at radius 3 is 2.50 bits per heavy atom. The SMILES string of the molecule is OCC(CS)NSc1ccc(O)cc1. The first-order valence-corrected chi connectivity index (χ1v) is 5.64. The van der Waals surface area contributed by atoms with E-state index in [0.29, 0.717) is 5.75 Å². The van der Waals surface area contributed by atoms with Crippen molar-refractivity contribution in [1.82, 2.24) is 4.72 Å². The summed E-state index contributed by atoms with van der Waals surface area (Å²) in [5.74, 6) is 0.837. The topological polar surface area (TPSA) is 52.5 Å². The summed E-state index contributed by atoms with van der Waals surface area (Å²) in [7, 11) is 0. The van der Waals surface area contributed by atoms with Gasteiger partial charge in [0, 0.05) is 16.7 Å². The zero-order valence-corrected chi connectivity index (χ0v) is 9.26. The summed E-state index contributed by atoms with van der Waals surface area (Å²) in [6.45, 7) is 0.0641. The molecule has 1 aromatic carbocycles. The summed E-state index contributed by atoms with van der Waals surface area (Å²) in [6.07, 6.45) is 0. The van der Waals surface area contributed by atoms with Crippen molar-refractivity contribution in [1.29, 1.82) is 0 Å². The third-order valence-corrected chi connectivity index (χ3v) is 3.02. The molecule has 3 nitrogen and oxygen atoms in total. The lowest BCUT2D eigenvalue weighted by molar-refractivity contribution is 0.269. The van der Waals surface area contributed by atoms with E-state index in [1.54, 1.807) is 24.3 Å². The van der Waals surface area contributed by atoms with E-state index in [1.165, 1.54) is 11.9 Å². The minimum atomic E-state index is -0.0165. The molecule has 1 atom stereocenters. The van der Waals surface area contributed by atoms with Gasteiger partial charge in [0.1, 0.15) is 5.75 Å². The number of phenols is 1. The fourth-order valence-electron chi connectivity index (χ4n) is 0.798. The molecule has 0 aliphatic heterocycles. The molecule has 0 amide bonds. The zero-order valence-electron chi connectivity index (χ0n) is 7.55. The lowest BCUT2D eigenvalue weighted by atomic mass is 10.3. The van der Waals surface area contributed by atoms with Gasteiger partial charge in [-0.15, -0.1) is 0 Å². The highest BCUT2D eigenvalue weighted by Crippen LogP contribution is 2.18. The first-order valence-electron chi connectivity index (χ1n) is 4.19. The van der Waals surface area contributed by atoms with E-state index in [1.807, 2.05) is 0 Å². The lowest BCUT2D eigenvalue weighted by Crippen LogP contribution is -2.28. The van der Waals surface area contributed by atoms with Gasteiger partial charge in [-0.1, -0.05) is 0 Å². The van der Waals surface area contributed by atoms with Crippen molar-refractivity contribution < 1.29 is 10.2 Å². The number of phenolic OH excluding ortho intramolecular Hbond substituents is 1. The molecule has 1 aromatic rings. The Kier molecular flexibility index (Phi) is 5.17. The maximum Gasteiger partial charge on any atom is 0.115 e. The standard InChI is InChI=1S/C9H13NO2S2/c11-5-7(6-13)10-14-9-3-1-8(12)2-4-9/h1-4,7,10-13H,5-6H2. The highest BCUT2D eigenvalue weighted by Gasteiger charge is 2.04. The summed E-state index contributed by atoms with van der Waals surface area (Å²) in [5.41, 5.74) is 0. The number of aromatic hydroxyl groups is 1. The fraction of sp³-hybridized carbons (Fsp3) is 0.333. The first-order chi connectivity index (χ1) is 6.76. The second-order valence-corrected chi connectivity index (χ2v) is 4.05. The molecule has 0 aliphatic rings. The number of hydrogen-bond acceptors (Lipinski definition) is 5. The Morgan fingerprint density at radius 1 is 1.36 bits per heavy atom. The largest absolute Gasteiger partial charge is 0.508 e. The Morgan fingerprint density at radius 2 is 2.00 bits per heavy atom. The minimum Gasteiger partial charge on any atom is -0.508 e. The van der Waals surface area contributed by atoms with Crippen molar-refractivity contribution in [2.24, 2.45) is 0 Å². The summed E-state index contributed by atoms with van der Waals surface area (Å²) >= 11 is 5.50. The highest BCUT2D eigenvalue weighted by molar-refractivity contribution is 7.97. The van der Waals surface area contributed by atoms with Crippen LogP contribution in [0.3, 0.4) is 0 Å². The molecule has 0 aliphatic carbocycles. The van der Waals surface area contributed by atoms with Crippen LogP contribution in [-0.4, -0.2) is 28.6 Å². The van der Waals surface area contributed by atoms with Crippen LogP contribution in [0.1, 0.15) is 0 Å². The molecule has 14 heavy (non-hydrogen) atoms. The minimum absolute atomic E-state index is 0.0165. The van der Waals surface area contributed by atoms with Gasteiger partial charge in [0.05, 0.1) is 6.61 Å². The molecule has 78 valence electrons. The van der Waals surface area contributed by atoms with Crippen LogP contribution < -0.4 is 4.72 Å². The maximum absolute atomic E-state index is 9.04. The van der Waals surface area contributed by atoms with Crippen LogP contribution >= 0.6 is 24.6 Å². The van der Waals surface area contributed by atoms with E-state index in [2.05, 4.69) is 17.4 Å². The fourth-order valence-corrected chi connectivity index (χ4v) is 1.86. The van der Waals surface area contributed by atoms with Crippen LogP contribution in [0.5, 0.6) is 5.75 Å². The van der Waals surface area contributed by atoms with Gasteiger partial charge in [-0.25, -0.2) is 0 Å². The van der Waals surface area contributed by atoms with Crippen LogP contribution in [0, 0.1) is 0 Å². The Labute approximate surface area is 93.1 Å². The maximum atomic E-state index is 9.04. The molecule has 0 saturated carbocycles. The third kappa shape index (κ3) is 3.79. The Bertz CT molecular complexity index is 262. The Hall–Kier alpha value is -0.360. The lowest BCUT2D eigenvalue weighted by Gasteiger charge is -2.12. The highest BCUT2D eigenvalue weighted by atomic mass is 32.2. The Balaban J connectivity index is 2.41. The number of aliphatic hydroxyl groups is 1. The number of thiol groups is 1. The second kappa shape index (κ2) is 6.19. The molecule has 5 heteroatoms. The monoisotopic (exact) mass is 231 g/mol. The van der Waals surface area contributed by atoms with E-state index >= 15 is 0 Å². The number of benzene rings is 1. The summed E-state index contributed by atoms with van der Waals surface area (Å²) in [5, 5.41) is 17.9. The third-order valence-electron chi connectivity index (χ3n) is 1.62. The van der Waals surface area contributed by atoms with Crippen LogP contribution in [0.4, 0.5) is 0 Å². The summed E-state index contributed by atoms with van der Waals surface area (Å²) in [6, 6.07) is 6.84. The van der Waals surface area contributed by atoms with E-state index in [9.17, 15) is 0 Å². The van der Waals surface area contributed by atoms with Crippen LogP contribution in [0.2, 0.25) is 0 Å². The van der Waals surface area contributed by atoms with Gasteiger partial charge in [-0.3, -0.25) is 4.72 Å². The summed E-state index contributed by atoms with van der Waals surface area (Å²) in [4.78, 5) is 0.989. The average Bonchev–Trinajstić information content (AvgIpc) is 2.22. The quantitative estimate of drug-likeness (QED) is 0.455.